The van der Waals surface area contributed by atoms with Crippen LogP contribution in [0.4, 0.5) is 4.39 Å². The van der Waals surface area contributed by atoms with Gasteiger partial charge >= 0.3 is 0 Å². The van der Waals surface area contributed by atoms with Gasteiger partial charge < -0.3 is 5.11 Å². The molecule has 0 aliphatic carbocycles. The molecule has 2 nitrogen and oxygen atoms in total. The molecule has 2 heterocycles. The first-order valence-electron chi connectivity index (χ1n) is 5.98. The Morgan fingerprint density at radius 3 is 2.95 bits per heavy atom. The minimum absolute atomic E-state index is 0.251. The van der Waals surface area contributed by atoms with E-state index in [1.165, 1.54) is 23.5 Å². The molecular weight excluding hydrogens is 261 g/mol. The fraction of sp³-hybridized carbons (Fsp3) is 0.133. The summed E-state index contributed by atoms with van der Waals surface area (Å²) in [6, 6.07) is 10.3. The first-order valence-corrected chi connectivity index (χ1v) is 6.80. The van der Waals surface area contributed by atoms with E-state index in [2.05, 4.69) is 4.98 Å². The summed E-state index contributed by atoms with van der Waals surface area (Å²) in [5, 5.41) is 11.1. The van der Waals surface area contributed by atoms with Crippen molar-refractivity contribution in [2.75, 3.05) is 0 Å². The molecule has 1 N–H and O–H groups in total. The van der Waals surface area contributed by atoms with Crippen LogP contribution in [0.1, 0.15) is 16.5 Å². The third-order valence-corrected chi connectivity index (χ3v) is 4.19. The first-order chi connectivity index (χ1) is 9.22. The van der Waals surface area contributed by atoms with Crippen LogP contribution in [-0.2, 0) is 6.42 Å². The highest BCUT2D eigenvalue weighted by molar-refractivity contribution is 7.19. The second-order valence-corrected chi connectivity index (χ2v) is 5.53. The lowest BCUT2D eigenvalue weighted by Gasteiger charge is -2.07. The molecule has 4 heteroatoms. The van der Waals surface area contributed by atoms with Crippen LogP contribution in [0.25, 0.3) is 10.1 Å². The minimum atomic E-state index is -0.579. The molecule has 0 saturated heterocycles. The van der Waals surface area contributed by atoms with Gasteiger partial charge in [0.05, 0.1) is 6.10 Å². The summed E-state index contributed by atoms with van der Waals surface area (Å²) in [6.07, 6.45) is 3.39. The molecule has 0 radical (unpaired) electrons. The van der Waals surface area contributed by atoms with Gasteiger partial charge in [-0.1, -0.05) is 6.07 Å². The molecule has 3 rings (SSSR count). The molecule has 0 spiro atoms. The summed E-state index contributed by atoms with van der Waals surface area (Å²) in [5.41, 5.74) is 0.985. The van der Waals surface area contributed by atoms with Gasteiger partial charge in [0.1, 0.15) is 5.82 Å². The molecule has 0 amide bonds. The van der Waals surface area contributed by atoms with E-state index in [1.54, 1.807) is 18.5 Å². The van der Waals surface area contributed by atoms with Gasteiger partial charge in [-0.25, -0.2) is 4.39 Å². The van der Waals surface area contributed by atoms with Gasteiger partial charge in [-0.15, -0.1) is 11.3 Å². The SMILES string of the molecule is OC(Cc1cccnc1)c1cc2cc(F)ccc2s1. The quantitative estimate of drug-likeness (QED) is 0.789. The summed E-state index contributed by atoms with van der Waals surface area (Å²) >= 11 is 1.50. The van der Waals surface area contributed by atoms with Crippen molar-refractivity contribution in [1.29, 1.82) is 0 Å². The lowest BCUT2D eigenvalue weighted by atomic mass is 10.1. The Morgan fingerprint density at radius 1 is 1.26 bits per heavy atom. The predicted molar refractivity (Wildman–Crippen MR) is 74.7 cm³/mol. The third kappa shape index (κ3) is 2.64. The topological polar surface area (TPSA) is 33.1 Å². The summed E-state index contributed by atoms with van der Waals surface area (Å²) < 4.78 is 14.1. The Morgan fingerprint density at radius 2 is 2.16 bits per heavy atom. The number of nitrogens with zero attached hydrogens (tertiary/aromatic N) is 1. The van der Waals surface area contributed by atoms with Crippen molar-refractivity contribution in [1.82, 2.24) is 4.98 Å². The zero-order valence-electron chi connectivity index (χ0n) is 10.1. The number of aromatic nitrogens is 1. The molecule has 96 valence electrons. The molecule has 1 atom stereocenters. The number of pyridine rings is 1. The Hall–Kier alpha value is -1.78. The van der Waals surface area contributed by atoms with Crippen LogP contribution in [0.3, 0.4) is 0 Å². The summed E-state index contributed by atoms with van der Waals surface area (Å²) in [6.45, 7) is 0. The maximum Gasteiger partial charge on any atom is 0.123 e. The summed E-state index contributed by atoms with van der Waals surface area (Å²) in [4.78, 5) is 4.88. The average Bonchev–Trinajstić information content (AvgIpc) is 2.83. The van der Waals surface area contributed by atoms with Crippen molar-refractivity contribution in [3.8, 4) is 0 Å². The second-order valence-electron chi connectivity index (χ2n) is 4.41. The molecular formula is C15H12FNOS. The van der Waals surface area contributed by atoms with Gasteiger partial charge in [0.2, 0.25) is 0 Å². The Balaban J connectivity index is 1.87. The lowest BCUT2D eigenvalue weighted by molar-refractivity contribution is 0.182. The fourth-order valence-corrected chi connectivity index (χ4v) is 3.07. The average molecular weight is 273 g/mol. The lowest BCUT2D eigenvalue weighted by Crippen LogP contribution is -1.99. The van der Waals surface area contributed by atoms with Crippen molar-refractivity contribution in [3.63, 3.8) is 0 Å². The van der Waals surface area contributed by atoms with Crippen LogP contribution >= 0.6 is 11.3 Å². The van der Waals surface area contributed by atoms with E-state index in [1.807, 2.05) is 18.2 Å². The van der Waals surface area contributed by atoms with E-state index in [0.717, 1.165) is 20.5 Å². The van der Waals surface area contributed by atoms with Crippen LogP contribution in [0.2, 0.25) is 0 Å². The molecule has 1 aromatic carbocycles. The third-order valence-electron chi connectivity index (χ3n) is 2.98. The Bertz CT molecular complexity index is 696. The van der Waals surface area contributed by atoms with Crippen molar-refractivity contribution >= 4 is 21.4 Å². The van der Waals surface area contributed by atoms with E-state index in [0.29, 0.717) is 6.42 Å². The Kier molecular flexibility index (Phi) is 3.27. The number of hydrogen-bond acceptors (Lipinski definition) is 3. The molecule has 0 fully saturated rings. The van der Waals surface area contributed by atoms with Crippen molar-refractivity contribution in [2.45, 2.75) is 12.5 Å². The number of hydrogen-bond donors (Lipinski definition) is 1. The normalized spacial score (nSPS) is 12.7. The Labute approximate surface area is 114 Å². The number of fused-ring (bicyclic) bond motifs is 1. The van der Waals surface area contributed by atoms with Gasteiger partial charge in [-0.3, -0.25) is 4.98 Å². The van der Waals surface area contributed by atoms with Crippen molar-refractivity contribution in [3.05, 3.63) is 65.0 Å². The van der Waals surface area contributed by atoms with E-state index in [9.17, 15) is 9.50 Å². The van der Waals surface area contributed by atoms with E-state index in [4.69, 9.17) is 0 Å². The summed E-state index contributed by atoms with van der Waals surface area (Å²) in [5.74, 6) is -0.251. The maximum absolute atomic E-state index is 13.1. The van der Waals surface area contributed by atoms with Crippen molar-refractivity contribution in [2.24, 2.45) is 0 Å². The molecule has 3 aromatic rings. The molecule has 19 heavy (non-hydrogen) atoms. The maximum atomic E-state index is 13.1. The highest BCUT2D eigenvalue weighted by atomic mass is 32.1. The second kappa shape index (κ2) is 5.07. The van der Waals surface area contributed by atoms with Gasteiger partial charge in [0.15, 0.2) is 0 Å². The van der Waals surface area contributed by atoms with E-state index in [-0.39, 0.29) is 5.82 Å². The molecule has 0 aliphatic rings. The zero-order chi connectivity index (χ0) is 13.2. The number of aliphatic hydroxyl groups is 1. The smallest absolute Gasteiger partial charge is 0.123 e. The van der Waals surface area contributed by atoms with Crippen LogP contribution < -0.4 is 0 Å². The summed E-state index contributed by atoms with van der Waals surface area (Å²) in [7, 11) is 0. The highest BCUT2D eigenvalue weighted by Crippen LogP contribution is 2.31. The molecule has 2 aromatic heterocycles. The number of halogens is 1. The predicted octanol–water partition coefficient (Wildman–Crippen LogP) is 3.71. The monoisotopic (exact) mass is 273 g/mol. The van der Waals surface area contributed by atoms with Crippen LogP contribution in [0.5, 0.6) is 0 Å². The number of rotatable bonds is 3. The van der Waals surface area contributed by atoms with Gasteiger partial charge in [-0.05, 0) is 41.3 Å². The highest BCUT2D eigenvalue weighted by Gasteiger charge is 2.12. The van der Waals surface area contributed by atoms with Gasteiger partial charge in [0, 0.05) is 28.4 Å². The van der Waals surface area contributed by atoms with E-state index >= 15 is 0 Å². The first kappa shape index (κ1) is 12.3. The van der Waals surface area contributed by atoms with Crippen molar-refractivity contribution < 1.29 is 9.50 Å². The molecule has 1 unspecified atom stereocenters. The number of benzene rings is 1. The van der Waals surface area contributed by atoms with Gasteiger partial charge in [-0.2, -0.15) is 0 Å². The number of aliphatic hydroxyl groups excluding tert-OH is 1. The molecule has 0 saturated carbocycles. The van der Waals surface area contributed by atoms with Crippen LogP contribution in [-0.4, -0.2) is 10.1 Å². The van der Waals surface area contributed by atoms with Gasteiger partial charge in [0.25, 0.3) is 0 Å². The van der Waals surface area contributed by atoms with Crippen LogP contribution in [0, 0.1) is 5.82 Å². The largest absolute Gasteiger partial charge is 0.387 e. The minimum Gasteiger partial charge on any atom is -0.387 e. The molecule has 0 bridgehead atoms. The number of thiophene rings is 1. The zero-order valence-corrected chi connectivity index (χ0v) is 10.9. The fourth-order valence-electron chi connectivity index (χ4n) is 2.04. The standard InChI is InChI=1S/C15H12FNOS/c16-12-3-4-14-11(7-12)8-15(19-14)13(18)6-10-2-1-5-17-9-10/h1-5,7-9,13,18H,6H2. The van der Waals surface area contributed by atoms with Crippen LogP contribution in [0.15, 0.2) is 48.8 Å². The van der Waals surface area contributed by atoms with E-state index < -0.39 is 6.10 Å². The molecule has 0 aliphatic heterocycles.